The second-order valence-corrected chi connectivity index (χ2v) is 23.3. The first-order chi connectivity index (χ1) is 35.8. The van der Waals surface area contributed by atoms with E-state index < -0.39 is 49.5 Å². The maximum atomic E-state index is 13.1. The highest BCUT2D eigenvalue weighted by Gasteiger charge is 2.44. The van der Waals surface area contributed by atoms with Crippen LogP contribution in [0.2, 0.25) is 0 Å². The van der Waals surface area contributed by atoms with Crippen LogP contribution < -0.4 is 5.32 Å². The number of unbranched alkanes of at least 4 members (excludes halogenated alkanes) is 48. The van der Waals surface area contributed by atoms with Crippen molar-refractivity contribution in [2.24, 2.45) is 0 Å². The van der Waals surface area contributed by atoms with Gasteiger partial charge in [0.05, 0.1) is 25.4 Å². The van der Waals surface area contributed by atoms with Gasteiger partial charge in [-0.1, -0.05) is 328 Å². The highest BCUT2D eigenvalue weighted by atomic mass is 16.7. The lowest BCUT2D eigenvalue weighted by Crippen LogP contribution is -2.60. The summed E-state index contributed by atoms with van der Waals surface area (Å²) in [7, 11) is 0. The molecule has 1 amide bonds. The summed E-state index contributed by atoms with van der Waals surface area (Å²) in [5.41, 5.74) is 0. The Morgan fingerprint density at radius 3 is 0.973 bits per heavy atom. The fourth-order valence-corrected chi connectivity index (χ4v) is 11.0. The largest absolute Gasteiger partial charge is 0.394 e. The minimum absolute atomic E-state index is 0.131. The van der Waals surface area contributed by atoms with Crippen LogP contribution in [-0.4, -0.2) is 87.5 Å². The monoisotopic (exact) mass is 1040 g/mol. The molecule has 0 bridgehead atoms. The molecule has 1 rings (SSSR count). The Hall–Kier alpha value is -0.810. The van der Waals surface area contributed by atoms with Gasteiger partial charge in [-0.3, -0.25) is 4.79 Å². The van der Waals surface area contributed by atoms with Crippen molar-refractivity contribution in [3.05, 3.63) is 0 Å². The van der Waals surface area contributed by atoms with E-state index in [-0.39, 0.29) is 12.5 Å². The molecule has 0 aromatic rings. The molecule has 73 heavy (non-hydrogen) atoms. The second-order valence-electron chi connectivity index (χ2n) is 23.3. The molecular formula is C64H127NO8. The van der Waals surface area contributed by atoms with Crippen LogP contribution in [0.25, 0.3) is 0 Å². The van der Waals surface area contributed by atoms with Gasteiger partial charge in [0.25, 0.3) is 0 Å². The van der Waals surface area contributed by atoms with Gasteiger partial charge in [-0.05, 0) is 12.8 Å². The van der Waals surface area contributed by atoms with E-state index in [2.05, 4.69) is 19.2 Å². The van der Waals surface area contributed by atoms with E-state index in [0.717, 1.165) is 38.5 Å². The SMILES string of the molecule is CCCCCCCCCCCCCCCCCCCCCCCCCCCCCCCCC(=O)NC(COC1OC(CO)C(O)C(O)C1O)C(O)CCCCCCCCCCCCCCCCCCCCCC. The summed E-state index contributed by atoms with van der Waals surface area (Å²) in [6.45, 7) is 3.90. The topological polar surface area (TPSA) is 149 Å². The Labute approximate surface area is 453 Å². The lowest BCUT2D eigenvalue weighted by Gasteiger charge is -2.40. The van der Waals surface area contributed by atoms with Gasteiger partial charge in [0.2, 0.25) is 5.91 Å². The summed E-state index contributed by atoms with van der Waals surface area (Å²) in [5, 5.41) is 54.8. The number of amides is 1. The first-order valence-electron chi connectivity index (χ1n) is 32.7. The van der Waals surface area contributed by atoms with Crippen LogP contribution in [0.3, 0.4) is 0 Å². The summed E-state index contributed by atoms with van der Waals surface area (Å²) in [4.78, 5) is 13.1. The average molecular weight is 1040 g/mol. The molecule has 0 saturated carbocycles. The zero-order valence-corrected chi connectivity index (χ0v) is 48.7. The Balaban J connectivity index is 2.11. The van der Waals surface area contributed by atoms with Gasteiger partial charge in [-0.2, -0.15) is 0 Å². The fourth-order valence-electron chi connectivity index (χ4n) is 11.0. The minimum Gasteiger partial charge on any atom is -0.394 e. The molecule has 9 nitrogen and oxygen atoms in total. The number of ether oxygens (including phenoxy) is 2. The van der Waals surface area contributed by atoms with Crippen molar-refractivity contribution < 1.29 is 39.8 Å². The van der Waals surface area contributed by atoms with Crippen molar-refractivity contribution >= 4 is 5.91 Å². The molecule has 436 valence electrons. The quantitative estimate of drug-likeness (QED) is 0.0330. The van der Waals surface area contributed by atoms with Crippen LogP contribution in [0.15, 0.2) is 0 Å². The first kappa shape index (κ1) is 70.2. The molecule has 1 saturated heterocycles. The van der Waals surface area contributed by atoms with E-state index in [1.807, 2.05) is 0 Å². The van der Waals surface area contributed by atoms with Crippen molar-refractivity contribution in [3.63, 3.8) is 0 Å². The van der Waals surface area contributed by atoms with E-state index in [9.17, 15) is 30.3 Å². The van der Waals surface area contributed by atoms with Gasteiger partial charge in [0.1, 0.15) is 24.4 Å². The molecule has 1 heterocycles. The molecular weight excluding hydrogens is 911 g/mol. The molecule has 1 aliphatic heterocycles. The zero-order chi connectivity index (χ0) is 52.9. The molecule has 7 unspecified atom stereocenters. The Kier molecular flexibility index (Phi) is 52.5. The third kappa shape index (κ3) is 43.8. The standard InChI is InChI=1S/C64H127NO8/c1-3-5-7-9-11-13-15-17-19-21-23-25-26-27-28-29-30-31-32-33-34-36-38-40-42-44-46-48-50-52-54-60(68)65-57(56-72-64-63(71)62(70)61(69)59(55-66)73-64)58(67)53-51-49-47-45-43-41-39-37-35-24-22-20-18-16-14-12-10-8-6-4-2/h57-59,61-64,66-67,69-71H,3-56H2,1-2H3,(H,65,68). The van der Waals surface area contributed by atoms with E-state index in [0.29, 0.717) is 12.8 Å². The summed E-state index contributed by atoms with van der Waals surface area (Å²) in [6, 6.07) is -0.714. The molecule has 0 aliphatic carbocycles. The minimum atomic E-state index is -1.55. The van der Waals surface area contributed by atoms with Gasteiger partial charge in [0, 0.05) is 6.42 Å². The summed E-state index contributed by atoms with van der Waals surface area (Å²) >= 11 is 0. The van der Waals surface area contributed by atoms with Crippen LogP contribution in [0, 0.1) is 0 Å². The highest BCUT2D eigenvalue weighted by Crippen LogP contribution is 2.24. The normalized spacial score (nSPS) is 18.9. The lowest BCUT2D eigenvalue weighted by atomic mass is 9.99. The number of carbonyl (C=O) groups is 1. The fraction of sp³-hybridized carbons (Fsp3) is 0.984. The lowest BCUT2D eigenvalue weighted by molar-refractivity contribution is -0.302. The predicted molar refractivity (Wildman–Crippen MR) is 309 cm³/mol. The molecule has 0 radical (unpaired) electrons. The summed E-state index contributed by atoms with van der Waals surface area (Å²) in [6.07, 6.45) is 60.2. The zero-order valence-electron chi connectivity index (χ0n) is 48.7. The molecule has 9 heteroatoms. The summed E-state index contributed by atoms with van der Waals surface area (Å²) < 4.78 is 11.4. The molecule has 0 aromatic heterocycles. The van der Waals surface area contributed by atoms with Gasteiger partial charge < -0.3 is 40.3 Å². The van der Waals surface area contributed by atoms with Crippen molar-refractivity contribution in [2.45, 2.75) is 391 Å². The van der Waals surface area contributed by atoms with Crippen LogP contribution in [0.5, 0.6) is 0 Å². The number of aliphatic hydroxyl groups excluding tert-OH is 5. The van der Waals surface area contributed by atoms with Crippen molar-refractivity contribution in [1.82, 2.24) is 5.32 Å². The third-order valence-electron chi connectivity index (χ3n) is 16.2. The predicted octanol–water partition coefficient (Wildman–Crippen LogP) is 17.0. The molecule has 1 fully saturated rings. The number of hydrogen-bond acceptors (Lipinski definition) is 8. The number of rotatable bonds is 58. The average Bonchev–Trinajstić information content (AvgIpc) is 3.39. The molecule has 7 atom stereocenters. The van der Waals surface area contributed by atoms with Crippen LogP contribution in [-0.2, 0) is 14.3 Å². The number of carbonyl (C=O) groups excluding carboxylic acids is 1. The van der Waals surface area contributed by atoms with Gasteiger partial charge in [-0.25, -0.2) is 0 Å². The Bertz CT molecular complexity index is 1110. The maximum Gasteiger partial charge on any atom is 0.220 e. The smallest absolute Gasteiger partial charge is 0.220 e. The van der Waals surface area contributed by atoms with Gasteiger partial charge in [0.15, 0.2) is 6.29 Å². The molecule has 0 spiro atoms. The van der Waals surface area contributed by atoms with Crippen LogP contribution >= 0.6 is 0 Å². The Morgan fingerprint density at radius 2 is 0.685 bits per heavy atom. The van der Waals surface area contributed by atoms with Gasteiger partial charge >= 0.3 is 0 Å². The first-order valence-corrected chi connectivity index (χ1v) is 32.7. The highest BCUT2D eigenvalue weighted by molar-refractivity contribution is 5.76. The number of hydrogen-bond donors (Lipinski definition) is 6. The Morgan fingerprint density at radius 1 is 0.411 bits per heavy atom. The molecule has 6 N–H and O–H groups in total. The summed E-state index contributed by atoms with van der Waals surface area (Å²) in [5.74, 6) is -0.134. The van der Waals surface area contributed by atoms with Crippen molar-refractivity contribution in [1.29, 1.82) is 0 Å². The van der Waals surface area contributed by atoms with Crippen LogP contribution in [0.1, 0.15) is 348 Å². The number of nitrogens with one attached hydrogen (secondary N) is 1. The van der Waals surface area contributed by atoms with E-state index in [1.165, 1.54) is 283 Å². The third-order valence-corrected chi connectivity index (χ3v) is 16.2. The van der Waals surface area contributed by atoms with Gasteiger partial charge in [-0.15, -0.1) is 0 Å². The molecule has 1 aliphatic rings. The van der Waals surface area contributed by atoms with E-state index >= 15 is 0 Å². The van der Waals surface area contributed by atoms with Crippen LogP contribution in [0.4, 0.5) is 0 Å². The van der Waals surface area contributed by atoms with Crippen molar-refractivity contribution in [3.8, 4) is 0 Å². The molecule has 0 aromatic carbocycles. The van der Waals surface area contributed by atoms with Crippen molar-refractivity contribution in [2.75, 3.05) is 13.2 Å². The van der Waals surface area contributed by atoms with E-state index in [4.69, 9.17) is 9.47 Å². The number of aliphatic hydroxyl groups is 5. The maximum absolute atomic E-state index is 13.1. The second kappa shape index (κ2) is 54.5. The van der Waals surface area contributed by atoms with E-state index in [1.54, 1.807) is 0 Å².